The quantitative estimate of drug-likeness (QED) is 0.706. The molecule has 0 N–H and O–H groups in total. The highest BCUT2D eigenvalue weighted by molar-refractivity contribution is 6.03. The molecular weight excluding hydrogens is 192 g/mol. The Morgan fingerprint density at radius 1 is 1.47 bits per heavy atom. The Morgan fingerprint density at radius 3 is 3.00 bits per heavy atom. The number of fused-ring (bicyclic) bond motifs is 1. The molecule has 0 amide bonds. The zero-order chi connectivity index (χ0) is 10.8. The van der Waals surface area contributed by atoms with E-state index in [-0.39, 0.29) is 5.97 Å². The molecule has 78 valence electrons. The maximum Gasteiger partial charge on any atom is 0.338 e. The average molecular weight is 204 g/mol. The number of aryl methyl sites for hydroxylation is 1. The predicted molar refractivity (Wildman–Crippen MR) is 56.9 cm³/mol. The van der Waals surface area contributed by atoms with E-state index in [1.165, 1.54) is 0 Å². The van der Waals surface area contributed by atoms with Gasteiger partial charge in [0.15, 0.2) is 0 Å². The molecule has 0 atom stereocenters. The Balaban J connectivity index is 2.55. The molecule has 2 rings (SSSR count). The lowest BCUT2D eigenvalue weighted by Gasteiger charge is -2.01. The van der Waals surface area contributed by atoms with E-state index in [4.69, 9.17) is 9.15 Å². The molecule has 1 heterocycles. The van der Waals surface area contributed by atoms with Crippen molar-refractivity contribution in [1.82, 2.24) is 0 Å². The molecule has 2 aromatic rings. The van der Waals surface area contributed by atoms with Gasteiger partial charge in [-0.1, -0.05) is 6.07 Å². The summed E-state index contributed by atoms with van der Waals surface area (Å²) in [7, 11) is 0. The summed E-state index contributed by atoms with van der Waals surface area (Å²) in [6.45, 7) is 4.03. The number of rotatable bonds is 2. The predicted octanol–water partition coefficient (Wildman–Crippen LogP) is 2.92. The number of benzene rings is 1. The minimum Gasteiger partial charge on any atom is -0.462 e. The van der Waals surface area contributed by atoms with Gasteiger partial charge in [0, 0.05) is 5.39 Å². The first-order chi connectivity index (χ1) is 7.22. The first-order valence-corrected chi connectivity index (χ1v) is 4.88. The van der Waals surface area contributed by atoms with Crippen molar-refractivity contribution in [3.05, 3.63) is 35.6 Å². The first-order valence-electron chi connectivity index (χ1n) is 4.88. The van der Waals surface area contributed by atoms with Gasteiger partial charge in [-0.15, -0.1) is 0 Å². The number of hydrogen-bond acceptors (Lipinski definition) is 3. The van der Waals surface area contributed by atoms with Crippen molar-refractivity contribution in [3.63, 3.8) is 0 Å². The van der Waals surface area contributed by atoms with E-state index in [1.54, 1.807) is 19.1 Å². The van der Waals surface area contributed by atoms with Gasteiger partial charge in [0.05, 0.1) is 12.2 Å². The Kier molecular flexibility index (Phi) is 2.46. The number of ether oxygens (including phenoxy) is 1. The van der Waals surface area contributed by atoms with Crippen LogP contribution in [0.2, 0.25) is 0 Å². The summed E-state index contributed by atoms with van der Waals surface area (Å²) in [5.74, 6) is 0.491. The molecule has 15 heavy (non-hydrogen) atoms. The van der Waals surface area contributed by atoms with Crippen LogP contribution in [0.5, 0.6) is 0 Å². The first kappa shape index (κ1) is 9.77. The maximum atomic E-state index is 11.6. The van der Waals surface area contributed by atoms with Crippen LogP contribution in [0.4, 0.5) is 0 Å². The highest BCUT2D eigenvalue weighted by Gasteiger charge is 2.12. The van der Waals surface area contributed by atoms with Gasteiger partial charge in [0.1, 0.15) is 11.3 Å². The van der Waals surface area contributed by atoms with Gasteiger partial charge in [-0.05, 0) is 32.0 Å². The van der Waals surface area contributed by atoms with E-state index < -0.39 is 0 Å². The second-order valence-corrected chi connectivity index (χ2v) is 3.29. The standard InChI is InChI=1S/C12H12O3/c1-3-14-12(13)9-5-4-6-11-10(9)7-8(2)15-11/h4-7H,3H2,1-2H3. The zero-order valence-electron chi connectivity index (χ0n) is 8.74. The second kappa shape index (κ2) is 3.77. The van der Waals surface area contributed by atoms with E-state index in [0.717, 1.165) is 16.7 Å². The van der Waals surface area contributed by atoms with Crippen molar-refractivity contribution >= 4 is 16.9 Å². The summed E-state index contributed by atoms with van der Waals surface area (Å²) < 4.78 is 10.4. The van der Waals surface area contributed by atoms with Gasteiger partial charge in [-0.3, -0.25) is 0 Å². The molecule has 0 saturated heterocycles. The molecule has 0 bridgehead atoms. The van der Waals surface area contributed by atoms with Crippen molar-refractivity contribution in [2.45, 2.75) is 13.8 Å². The molecule has 0 saturated carbocycles. The monoisotopic (exact) mass is 204 g/mol. The maximum absolute atomic E-state index is 11.6. The van der Waals surface area contributed by atoms with Crippen molar-refractivity contribution in [2.75, 3.05) is 6.61 Å². The average Bonchev–Trinajstić information content (AvgIpc) is 2.57. The van der Waals surface area contributed by atoms with Crippen LogP contribution in [-0.4, -0.2) is 12.6 Å². The van der Waals surface area contributed by atoms with Gasteiger partial charge < -0.3 is 9.15 Å². The Morgan fingerprint density at radius 2 is 2.27 bits per heavy atom. The molecular formula is C12H12O3. The minimum atomic E-state index is -0.302. The van der Waals surface area contributed by atoms with E-state index in [1.807, 2.05) is 19.1 Å². The van der Waals surface area contributed by atoms with Crippen molar-refractivity contribution in [2.24, 2.45) is 0 Å². The molecule has 0 fully saturated rings. The number of hydrogen-bond donors (Lipinski definition) is 0. The molecule has 3 heteroatoms. The Labute approximate surface area is 87.6 Å². The number of carbonyl (C=O) groups is 1. The lowest BCUT2D eigenvalue weighted by Crippen LogP contribution is -2.04. The fraction of sp³-hybridized carbons (Fsp3) is 0.250. The lowest BCUT2D eigenvalue weighted by atomic mass is 10.1. The molecule has 0 spiro atoms. The topological polar surface area (TPSA) is 39.4 Å². The Bertz CT molecular complexity index is 497. The van der Waals surface area contributed by atoms with E-state index in [0.29, 0.717) is 12.2 Å². The SMILES string of the molecule is CCOC(=O)c1cccc2oc(C)cc12. The van der Waals surface area contributed by atoms with Crippen LogP contribution in [0, 0.1) is 6.92 Å². The van der Waals surface area contributed by atoms with Crippen LogP contribution in [0.25, 0.3) is 11.0 Å². The summed E-state index contributed by atoms with van der Waals surface area (Å²) in [5.41, 5.74) is 1.28. The summed E-state index contributed by atoms with van der Waals surface area (Å²) in [5, 5.41) is 0.813. The van der Waals surface area contributed by atoms with Crippen LogP contribution in [0.15, 0.2) is 28.7 Å². The number of carbonyl (C=O) groups excluding carboxylic acids is 1. The van der Waals surface area contributed by atoms with E-state index >= 15 is 0 Å². The third-order valence-corrected chi connectivity index (χ3v) is 2.18. The molecule has 3 nitrogen and oxygen atoms in total. The smallest absolute Gasteiger partial charge is 0.338 e. The van der Waals surface area contributed by atoms with E-state index in [9.17, 15) is 4.79 Å². The Hall–Kier alpha value is -1.77. The van der Waals surface area contributed by atoms with E-state index in [2.05, 4.69) is 0 Å². The van der Waals surface area contributed by atoms with Crippen LogP contribution in [0.3, 0.4) is 0 Å². The fourth-order valence-corrected chi connectivity index (χ4v) is 1.57. The summed E-state index contributed by atoms with van der Waals surface area (Å²) in [6, 6.07) is 7.22. The molecule has 0 unspecified atom stereocenters. The molecule has 0 aliphatic carbocycles. The molecule has 1 aromatic carbocycles. The van der Waals surface area contributed by atoms with Gasteiger partial charge in [-0.25, -0.2) is 4.79 Å². The van der Waals surface area contributed by atoms with Gasteiger partial charge in [-0.2, -0.15) is 0 Å². The summed E-state index contributed by atoms with van der Waals surface area (Å²) >= 11 is 0. The van der Waals surface area contributed by atoms with Gasteiger partial charge in [0.25, 0.3) is 0 Å². The summed E-state index contributed by atoms with van der Waals surface area (Å²) in [6.07, 6.45) is 0. The molecule has 1 aromatic heterocycles. The highest BCUT2D eigenvalue weighted by Crippen LogP contribution is 2.23. The van der Waals surface area contributed by atoms with Crippen LogP contribution < -0.4 is 0 Å². The third-order valence-electron chi connectivity index (χ3n) is 2.18. The lowest BCUT2D eigenvalue weighted by molar-refractivity contribution is 0.0528. The zero-order valence-corrected chi connectivity index (χ0v) is 8.74. The third kappa shape index (κ3) is 1.73. The van der Waals surface area contributed by atoms with Crippen molar-refractivity contribution in [1.29, 1.82) is 0 Å². The van der Waals surface area contributed by atoms with Crippen molar-refractivity contribution < 1.29 is 13.9 Å². The number of esters is 1. The van der Waals surface area contributed by atoms with Gasteiger partial charge >= 0.3 is 5.97 Å². The summed E-state index contributed by atoms with van der Waals surface area (Å²) in [4.78, 5) is 11.6. The molecule has 0 aliphatic heterocycles. The van der Waals surface area contributed by atoms with Crippen molar-refractivity contribution in [3.8, 4) is 0 Å². The largest absolute Gasteiger partial charge is 0.462 e. The fourth-order valence-electron chi connectivity index (χ4n) is 1.57. The van der Waals surface area contributed by atoms with Crippen LogP contribution in [0.1, 0.15) is 23.0 Å². The number of furan rings is 1. The normalized spacial score (nSPS) is 10.5. The van der Waals surface area contributed by atoms with Gasteiger partial charge in [0.2, 0.25) is 0 Å². The second-order valence-electron chi connectivity index (χ2n) is 3.29. The minimum absolute atomic E-state index is 0.302. The highest BCUT2D eigenvalue weighted by atomic mass is 16.5. The van der Waals surface area contributed by atoms with Crippen LogP contribution >= 0.6 is 0 Å². The molecule has 0 radical (unpaired) electrons. The molecule has 0 aliphatic rings. The van der Waals surface area contributed by atoms with Crippen LogP contribution in [-0.2, 0) is 4.74 Å².